The first-order valence-corrected chi connectivity index (χ1v) is 20.0. The molecule has 0 amide bonds. The number of hydrogen-bond acceptors (Lipinski definition) is 9. The molecular weight excluding hydrogens is 837 g/mol. The van der Waals surface area contributed by atoms with Crippen LogP contribution in [0.4, 0.5) is 0 Å². The molecule has 0 heterocycles. The van der Waals surface area contributed by atoms with E-state index in [1.54, 1.807) is 36.4 Å². The van der Waals surface area contributed by atoms with Crippen LogP contribution in [0.25, 0.3) is 0 Å². The highest BCUT2D eigenvalue weighted by atomic mass is 79.9. The Morgan fingerprint density at radius 1 is 0.780 bits per heavy atom. The topological polar surface area (TPSA) is 145 Å². The first-order chi connectivity index (χ1) is 23.2. The third kappa shape index (κ3) is 15.6. The number of methoxy groups -OCH3 is 2. The Labute approximate surface area is 326 Å². The number of sulfonamides is 1. The molecule has 0 radical (unpaired) electrons. The van der Waals surface area contributed by atoms with Crippen molar-refractivity contribution in [2.75, 3.05) is 33.9 Å². The van der Waals surface area contributed by atoms with Crippen molar-refractivity contribution in [2.45, 2.75) is 101 Å². The van der Waals surface area contributed by atoms with Gasteiger partial charge in [0.1, 0.15) is 11.1 Å². The molecule has 0 unspecified atom stereocenters. The van der Waals surface area contributed by atoms with Crippen LogP contribution in [-0.2, 0) is 29.1 Å². The SMILES string of the molecule is CCN(CC)CC.COC(=O)C1(N)CCCCC1.COC(=O)C1(NS(=O)(=O)c2ccccc2Br)CCCCC1.Cl.O=C(Cl)c1ccccc1Br. The predicted octanol–water partition coefficient (Wildman–Crippen LogP) is 8.02. The second kappa shape index (κ2) is 24.6. The van der Waals surface area contributed by atoms with Gasteiger partial charge in [0.2, 0.25) is 10.0 Å². The van der Waals surface area contributed by atoms with Gasteiger partial charge in [-0.05, 0) is 97.1 Å². The van der Waals surface area contributed by atoms with Crippen molar-refractivity contribution in [2.24, 2.45) is 5.73 Å². The lowest BCUT2D eigenvalue weighted by atomic mass is 9.83. The highest BCUT2D eigenvalue weighted by Crippen LogP contribution is 2.32. The molecule has 0 aromatic heterocycles. The van der Waals surface area contributed by atoms with Crippen LogP contribution in [0.1, 0.15) is 95.3 Å². The molecule has 0 atom stereocenters. The minimum absolute atomic E-state index is 0. The average molecular weight is 891 g/mol. The summed E-state index contributed by atoms with van der Waals surface area (Å²) in [5, 5.41) is -0.438. The van der Waals surface area contributed by atoms with Gasteiger partial charge in [0.15, 0.2) is 0 Å². The molecule has 10 nitrogen and oxygen atoms in total. The number of ether oxygens (including phenoxy) is 2. The Morgan fingerprint density at radius 2 is 1.22 bits per heavy atom. The zero-order valence-electron chi connectivity index (χ0n) is 29.6. The number of nitrogens with two attached hydrogens (primary N) is 1. The van der Waals surface area contributed by atoms with Crippen molar-refractivity contribution < 1.29 is 32.3 Å². The number of halogens is 4. The summed E-state index contributed by atoms with van der Waals surface area (Å²) in [6, 6.07) is 13.6. The van der Waals surface area contributed by atoms with Gasteiger partial charge in [0.05, 0.1) is 19.1 Å². The molecule has 15 heteroatoms. The van der Waals surface area contributed by atoms with Crippen molar-refractivity contribution in [3.63, 3.8) is 0 Å². The second-order valence-corrected chi connectivity index (χ2v) is 15.5. The number of rotatable bonds is 9. The molecule has 2 aromatic carbocycles. The summed E-state index contributed by atoms with van der Waals surface area (Å²) in [4.78, 5) is 36.4. The van der Waals surface area contributed by atoms with Crippen molar-refractivity contribution >= 4 is 83.1 Å². The van der Waals surface area contributed by atoms with E-state index < -0.39 is 32.3 Å². The Bertz CT molecular complexity index is 1430. The van der Waals surface area contributed by atoms with Gasteiger partial charge < -0.3 is 20.1 Å². The lowest BCUT2D eigenvalue weighted by Gasteiger charge is -2.34. The second-order valence-electron chi connectivity index (χ2n) is 11.8. The molecule has 3 N–H and O–H groups in total. The quantitative estimate of drug-likeness (QED) is 0.189. The number of hydrogen-bond donors (Lipinski definition) is 2. The summed E-state index contributed by atoms with van der Waals surface area (Å²) in [6.45, 7) is 10.1. The minimum Gasteiger partial charge on any atom is -0.468 e. The highest BCUT2D eigenvalue weighted by molar-refractivity contribution is 9.10. The minimum atomic E-state index is -3.80. The number of nitrogens with zero attached hydrogens (tertiary/aromatic N) is 1. The fourth-order valence-corrected chi connectivity index (χ4v) is 8.72. The van der Waals surface area contributed by atoms with E-state index in [0.717, 1.165) is 49.4 Å². The van der Waals surface area contributed by atoms with E-state index in [1.807, 2.05) is 6.07 Å². The zero-order valence-corrected chi connectivity index (χ0v) is 35.2. The van der Waals surface area contributed by atoms with Gasteiger partial charge in [0.25, 0.3) is 5.24 Å². The van der Waals surface area contributed by atoms with E-state index in [-0.39, 0.29) is 23.3 Å². The average Bonchev–Trinajstić information content (AvgIpc) is 3.10. The number of benzene rings is 2. The molecule has 2 aliphatic rings. The van der Waals surface area contributed by atoms with Crippen LogP contribution in [-0.4, -0.2) is 75.4 Å². The summed E-state index contributed by atoms with van der Waals surface area (Å²) < 4.78 is 38.4. The Hall–Kier alpha value is -1.58. The first-order valence-electron chi connectivity index (χ1n) is 16.6. The summed E-state index contributed by atoms with van der Waals surface area (Å²) >= 11 is 11.7. The number of carbonyl (C=O) groups is 3. The summed E-state index contributed by atoms with van der Waals surface area (Å²) in [5.41, 5.74) is 4.52. The van der Waals surface area contributed by atoms with Gasteiger partial charge in [0, 0.05) is 14.5 Å². The van der Waals surface area contributed by atoms with Gasteiger partial charge in [-0.3, -0.25) is 14.4 Å². The number of nitrogens with one attached hydrogen (secondary N) is 1. The summed E-state index contributed by atoms with van der Waals surface area (Å²) in [6.07, 6.45) is 8.36. The number of esters is 2. The Morgan fingerprint density at radius 3 is 1.60 bits per heavy atom. The molecule has 0 aliphatic heterocycles. The third-order valence-corrected chi connectivity index (χ3v) is 11.9. The fraction of sp³-hybridized carbons (Fsp3) is 0.571. The van der Waals surface area contributed by atoms with E-state index in [9.17, 15) is 22.8 Å². The maximum Gasteiger partial charge on any atom is 0.327 e. The van der Waals surface area contributed by atoms with E-state index in [4.69, 9.17) is 22.1 Å². The van der Waals surface area contributed by atoms with Crippen LogP contribution >= 0.6 is 55.9 Å². The normalized spacial score (nSPS) is 16.0. The van der Waals surface area contributed by atoms with E-state index in [0.29, 0.717) is 22.9 Å². The van der Waals surface area contributed by atoms with Crippen molar-refractivity contribution in [1.29, 1.82) is 0 Å². The van der Waals surface area contributed by atoms with Gasteiger partial charge in [-0.2, -0.15) is 4.72 Å². The van der Waals surface area contributed by atoms with E-state index in [1.165, 1.54) is 46.3 Å². The van der Waals surface area contributed by atoms with Crippen molar-refractivity contribution in [3.05, 3.63) is 63.0 Å². The van der Waals surface area contributed by atoms with Crippen LogP contribution in [0.2, 0.25) is 0 Å². The molecule has 2 fully saturated rings. The third-order valence-electron chi connectivity index (χ3n) is 8.50. The van der Waals surface area contributed by atoms with Gasteiger partial charge in [-0.1, -0.05) is 99.5 Å². The molecule has 2 saturated carbocycles. The molecule has 50 heavy (non-hydrogen) atoms. The van der Waals surface area contributed by atoms with Crippen LogP contribution in [0.3, 0.4) is 0 Å². The predicted molar refractivity (Wildman–Crippen MR) is 209 cm³/mol. The fourth-order valence-electron chi connectivity index (χ4n) is 5.55. The monoisotopic (exact) mass is 887 g/mol. The Kier molecular flexibility index (Phi) is 23.8. The van der Waals surface area contributed by atoms with Crippen LogP contribution in [0, 0.1) is 0 Å². The molecule has 4 rings (SSSR count). The standard InChI is InChI=1S/C14H18BrNO4S.C8H15NO2.C7H4BrClO.C6H15N.ClH/c1-20-13(17)14(9-5-2-6-10-14)16-21(18,19)12-8-4-3-7-11(12)15;1-11-7(10)8(9)5-3-2-4-6-8;8-6-4-2-1-3-5(6)7(9)10;1-4-7(5-2)6-3;/h3-4,7-8,16H,2,5-6,9-10H2,1H3;2-6,9H2,1H3;1-4H;4-6H2,1-3H3;1H. The molecule has 2 aromatic rings. The first kappa shape index (κ1) is 48.4. The molecule has 284 valence electrons. The van der Waals surface area contributed by atoms with E-state index in [2.05, 4.69) is 67.0 Å². The molecule has 0 saturated heterocycles. The maximum atomic E-state index is 12.6. The van der Waals surface area contributed by atoms with Gasteiger partial charge >= 0.3 is 11.9 Å². The Balaban J connectivity index is 0.000000701. The molecule has 2 aliphatic carbocycles. The highest BCUT2D eigenvalue weighted by Gasteiger charge is 2.44. The van der Waals surface area contributed by atoms with Crippen LogP contribution < -0.4 is 10.5 Å². The van der Waals surface area contributed by atoms with E-state index >= 15 is 0 Å². The molecule has 0 spiro atoms. The zero-order chi connectivity index (χ0) is 37.1. The molecular formula is C35H53Br2Cl2N3O7S. The largest absolute Gasteiger partial charge is 0.468 e. The lowest BCUT2D eigenvalue weighted by molar-refractivity contribution is -0.149. The smallest absolute Gasteiger partial charge is 0.327 e. The summed E-state index contributed by atoms with van der Waals surface area (Å²) in [7, 11) is -1.12. The van der Waals surface area contributed by atoms with Gasteiger partial charge in [-0.25, -0.2) is 8.42 Å². The van der Waals surface area contributed by atoms with Gasteiger partial charge in [-0.15, -0.1) is 12.4 Å². The van der Waals surface area contributed by atoms with Crippen LogP contribution in [0.15, 0.2) is 62.4 Å². The molecule has 0 bridgehead atoms. The summed E-state index contributed by atoms with van der Waals surface area (Å²) in [5.74, 6) is -0.768. The van der Waals surface area contributed by atoms with Crippen molar-refractivity contribution in [1.82, 2.24) is 9.62 Å². The lowest BCUT2D eigenvalue weighted by Crippen LogP contribution is -2.56. The number of carbonyl (C=O) groups excluding carboxylic acids is 3. The van der Waals surface area contributed by atoms with Crippen LogP contribution in [0.5, 0.6) is 0 Å². The van der Waals surface area contributed by atoms with Crippen molar-refractivity contribution in [3.8, 4) is 0 Å². The maximum absolute atomic E-state index is 12.6.